The molecular formula is C22H24N2O5S. The number of nitrogens with zero attached hydrogens (tertiary/aromatic N) is 1. The van der Waals surface area contributed by atoms with E-state index in [1.807, 2.05) is 31.2 Å². The Hall–Kier alpha value is -3.13. The molecule has 0 aliphatic carbocycles. The number of hydrogen-bond acceptors (Lipinski definition) is 5. The van der Waals surface area contributed by atoms with Crippen LogP contribution in [0, 0.1) is 0 Å². The van der Waals surface area contributed by atoms with Crippen molar-refractivity contribution < 1.29 is 22.4 Å². The number of carbonyl (C=O) groups excluding carboxylic acids is 2. The highest BCUT2D eigenvalue weighted by molar-refractivity contribution is 7.89. The van der Waals surface area contributed by atoms with Crippen molar-refractivity contribution in [2.24, 2.45) is 0 Å². The summed E-state index contributed by atoms with van der Waals surface area (Å²) in [6.45, 7) is 1.79. The number of hydrogen-bond donors (Lipinski definition) is 1. The monoisotopic (exact) mass is 428 g/mol. The molecule has 3 rings (SSSR count). The van der Waals surface area contributed by atoms with Crippen molar-refractivity contribution in [3.8, 4) is 0 Å². The first kappa shape index (κ1) is 21.6. The predicted octanol–water partition coefficient (Wildman–Crippen LogP) is 3.25. The lowest BCUT2D eigenvalue weighted by Crippen LogP contribution is -2.35. The van der Waals surface area contributed by atoms with E-state index < -0.39 is 15.7 Å². The third kappa shape index (κ3) is 4.88. The molecule has 0 fully saturated rings. The van der Waals surface area contributed by atoms with Crippen LogP contribution in [0.1, 0.15) is 28.6 Å². The summed E-state index contributed by atoms with van der Waals surface area (Å²) in [6, 6.07) is 14.3. The third-order valence-corrected chi connectivity index (χ3v) is 5.51. The zero-order chi connectivity index (χ0) is 21.9. The van der Waals surface area contributed by atoms with E-state index in [1.54, 1.807) is 24.3 Å². The van der Waals surface area contributed by atoms with Crippen LogP contribution in [0.25, 0.3) is 11.0 Å². The number of amides is 2. The van der Waals surface area contributed by atoms with Gasteiger partial charge in [-0.3, -0.25) is 9.59 Å². The Balaban J connectivity index is 1.83. The van der Waals surface area contributed by atoms with Crippen molar-refractivity contribution in [1.82, 2.24) is 4.90 Å². The van der Waals surface area contributed by atoms with Gasteiger partial charge in [-0.05, 0) is 24.1 Å². The molecule has 0 bridgehead atoms. The van der Waals surface area contributed by atoms with E-state index >= 15 is 0 Å². The quantitative estimate of drug-likeness (QED) is 0.623. The molecule has 0 aliphatic heterocycles. The second kappa shape index (κ2) is 8.71. The van der Waals surface area contributed by atoms with Crippen molar-refractivity contribution in [3.63, 3.8) is 0 Å². The van der Waals surface area contributed by atoms with E-state index in [4.69, 9.17) is 4.42 Å². The molecular weight excluding hydrogens is 404 g/mol. The average Bonchev–Trinajstić information content (AvgIpc) is 3.04. The standard InChI is InChI=1S/C22H24N2O5S/c1-4-15-9-5-7-11-18(15)23-20(25)13-24(2)22(26)21-17(14-30(3,27)28)16-10-6-8-12-19(16)29-21/h5-12H,4,13-14H2,1-3H3,(H,23,25). The lowest BCUT2D eigenvalue weighted by Gasteiger charge is -2.17. The van der Waals surface area contributed by atoms with Gasteiger partial charge in [0.05, 0.1) is 12.3 Å². The lowest BCUT2D eigenvalue weighted by molar-refractivity contribution is -0.116. The van der Waals surface area contributed by atoms with Crippen LogP contribution in [-0.4, -0.2) is 45.0 Å². The van der Waals surface area contributed by atoms with E-state index in [0.29, 0.717) is 22.2 Å². The number of sulfone groups is 1. The summed E-state index contributed by atoms with van der Waals surface area (Å²) in [5, 5.41) is 3.39. The smallest absolute Gasteiger partial charge is 0.290 e. The van der Waals surface area contributed by atoms with Gasteiger partial charge < -0.3 is 14.6 Å². The molecule has 3 aromatic rings. The minimum atomic E-state index is -3.40. The first-order chi connectivity index (χ1) is 14.2. The van der Waals surface area contributed by atoms with Gasteiger partial charge in [-0.2, -0.15) is 0 Å². The average molecular weight is 429 g/mol. The van der Waals surface area contributed by atoms with Crippen LogP contribution in [0.3, 0.4) is 0 Å². The Kier molecular flexibility index (Phi) is 6.26. The van der Waals surface area contributed by atoms with Crippen molar-refractivity contribution >= 4 is 38.3 Å². The molecule has 0 spiro atoms. The van der Waals surface area contributed by atoms with E-state index in [1.165, 1.54) is 11.9 Å². The number of para-hydroxylation sites is 2. The molecule has 0 saturated carbocycles. The maximum Gasteiger partial charge on any atom is 0.290 e. The molecule has 158 valence electrons. The Morgan fingerprint density at radius 3 is 2.43 bits per heavy atom. The molecule has 0 radical (unpaired) electrons. The molecule has 7 nitrogen and oxygen atoms in total. The highest BCUT2D eigenvalue weighted by Gasteiger charge is 2.26. The zero-order valence-electron chi connectivity index (χ0n) is 17.1. The number of anilines is 1. The number of aryl methyl sites for hydroxylation is 1. The van der Waals surface area contributed by atoms with Gasteiger partial charge in [0.2, 0.25) is 5.91 Å². The van der Waals surface area contributed by atoms with Gasteiger partial charge in [-0.1, -0.05) is 43.3 Å². The van der Waals surface area contributed by atoms with Gasteiger partial charge in [0.15, 0.2) is 15.6 Å². The zero-order valence-corrected chi connectivity index (χ0v) is 18.0. The van der Waals surface area contributed by atoms with Gasteiger partial charge in [-0.15, -0.1) is 0 Å². The predicted molar refractivity (Wildman–Crippen MR) is 116 cm³/mol. The fourth-order valence-corrected chi connectivity index (χ4v) is 4.09. The van der Waals surface area contributed by atoms with Gasteiger partial charge in [0, 0.05) is 29.9 Å². The number of nitrogens with one attached hydrogen (secondary N) is 1. The SMILES string of the molecule is CCc1ccccc1NC(=O)CN(C)C(=O)c1oc2ccccc2c1CS(C)(=O)=O. The first-order valence-corrected chi connectivity index (χ1v) is 11.6. The number of benzene rings is 2. The number of furan rings is 1. The summed E-state index contributed by atoms with van der Waals surface area (Å²) in [5.41, 5.74) is 2.43. The molecule has 0 unspecified atom stereocenters. The van der Waals surface area contributed by atoms with Gasteiger partial charge in [0.1, 0.15) is 5.58 Å². The van der Waals surface area contributed by atoms with Gasteiger partial charge in [-0.25, -0.2) is 8.42 Å². The summed E-state index contributed by atoms with van der Waals surface area (Å²) in [4.78, 5) is 26.7. The fourth-order valence-electron chi connectivity index (χ4n) is 3.28. The summed E-state index contributed by atoms with van der Waals surface area (Å²) in [7, 11) is -1.92. The minimum absolute atomic E-state index is 0.0640. The molecule has 0 aliphatic rings. The molecule has 0 saturated heterocycles. The number of rotatable bonds is 7. The second-order valence-corrected chi connectivity index (χ2v) is 9.34. The molecule has 2 aromatic carbocycles. The van der Waals surface area contributed by atoms with Crippen LogP contribution >= 0.6 is 0 Å². The second-order valence-electron chi connectivity index (χ2n) is 7.20. The molecule has 8 heteroatoms. The normalized spacial score (nSPS) is 11.4. The number of likely N-dealkylation sites (N-methyl/N-ethyl adjacent to an activating group) is 1. The van der Waals surface area contributed by atoms with Crippen molar-refractivity contribution in [3.05, 3.63) is 65.4 Å². The van der Waals surface area contributed by atoms with Crippen LogP contribution in [-0.2, 0) is 26.8 Å². The van der Waals surface area contributed by atoms with Crippen molar-refractivity contribution in [2.45, 2.75) is 19.1 Å². The van der Waals surface area contributed by atoms with Crippen LogP contribution in [0.4, 0.5) is 5.69 Å². The van der Waals surface area contributed by atoms with Gasteiger partial charge in [0.25, 0.3) is 5.91 Å². The lowest BCUT2D eigenvalue weighted by atomic mass is 10.1. The summed E-state index contributed by atoms with van der Waals surface area (Å²) in [5.74, 6) is -1.29. The topological polar surface area (TPSA) is 96.7 Å². The van der Waals surface area contributed by atoms with Crippen molar-refractivity contribution in [1.29, 1.82) is 0 Å². The van der Waals surface area contributed by atoms with Crippen LogP contribution in [0.15, 0.2) is 52.9 Å². The molecule has 1 heterocycles. The molecule has 2 amide bonds. The Morgan fingerprint density at radius 2 is 1.73 bits per heavy atom. The van der Waals surface area contributed by atoms with Crippen LogP contribution < -0.4 is 5.32 Å². The van der Waals surface area contributed by atoms with Crippen LogP contribution in [0.2, 0.25) is 0 Å². The number of carbonyl (C=O) groups is 2. The first-order valence-electron chi connectivity index (χ1n) is 9.51. The van der Waals surface area contributed by atoms with E-state index in [-0.39, 0.29) is 24.0 Å². The minimum Gasteiger partial charge on any atom is -0.451 e. The number of fused-ring (bicyclic) bond motifs is 1. The summed E-state index contributed by atoms with van der Waals surface area (Å²) in [6.07, 6.45) is 1.87. The fraction of sp³-hybridized carbons (Fsp3) is 0.273. The molecule has 30 heavy (non-hydrogen) atoms. The summed E-state index contributed by atoms with van der Waals surface area (Å²) < 4.78 is 29.5. The van der Waals surface area contributed by atoms with Gasteiger partial charge >= 0.3 is 0 Å². The molecule has 0 atom stereocenters. The van der Waals surface area contributed by atoms with E-state index in [2.05, 4.69) is 5.32 Å². The summed E-state index contributed by atoms with van der Waals surface area (Å²) >= 11 is 0. The van der Waals surface area contributed by atoms with E-state index in [9.17, 15) is 18.0 Å². The maximum absolute atomic E-state index is 13.0. The molecule has 1 aromatic heterocycles. The van der Waals surface area contributed by atoms with Crippen LogP contribution in [0.5, 0.6) is 0 Å². The Morgan fingerprint density at radius 1 is 1.07 bits per heavy atom. The molecule has 1 N–H and O–H groups in total. The maximum atomic E-state index is 13.0. The highest BCUT2D eigenvalue weighted by atomic mass is 32.2. The third-order valence-electron chi connectivity index (χ3n) is 4.70. The Bertz CT molecular complexity index is 1200. The largest absolute Gasteiger partial charge is 0.451 e. The Labute approximate surface area is 175 Å². The highest BCUT2D eigenvalue weighted by Crippen LogP contribution is 2.28. The van der Waals surface area contributed by atoms with E-state index in [0.717, 1.165) is 18.2 Å². The van der Waals surface area contributed by atoms with Crippen molar-refractivity contribution in [2.75, 3.05) is 25.2 Å².